The molecule has 2 atom stereocenters. The van der Waals surface area contributed by atoms with Crippen molar-refractivity contribution in [1.82, 2.24) is 10.6 Å². The van der Waals surface area contributed by atoms with E-state index in [-0.39, 0.29) is 6.42 Å². The number of halogens is 3. The molecule has 0 aliphatic heterocycles. The quantitative estimate of drug-likeness (QED) is 0.700. The maximum atomic E-state index is 12.1. The largest absolute Gasteiger partial charge is 0.480 e. The fourth-order valence-corrected chi connectivity index (χ4v) is 1.63. The van der Waals surface area contributed by atoms with Crippen LogP contribution in [0.5, 0.6) is 0 Å². The van der Waals surface area contributed by atoms with Crippen LogP contribution in [-0.2, 0) is 4.79 Å². The molecule has 0 rings (SSSR count). The molecule has 0 saturated heterocycles. The molecular formula is C11H19F3N2O3. The first-order valence-electron chi connectivity index (χ1n) is 5.89. The molecule has 0 fully saturated rings. The Labute approximate surface area is 109 Å². The lowest BCUT2D eigenvalue weighted by atomic mass is 9.96. The predicted octanol–water partition coefficient (Wildman–Crippen LogP) is 2.27. The van der Waals surface area contributed by atoms with Crippen molar-refractivity contribution in [2.24, 2.45) is 0 Å². The number of amides is 2. The molecule has 0 aromatic heterocycles. The minimum atomic E-state index is -4.38. The van der Waals surface area contributed by atoms with Gasteiger partial charge in [-0.3, -0.25) is 0 Å². The van der Waals surface area contributed by atoms with Crippen LogP contribution < -0.4 is 10.6 Å². The van der Waals surface area contributed by atoms with Gasteiger partial charge in [-0.05, 0) is 20.3 Å². The number of urea groups is 1. The van der Waals surface area contributed by atoms with Crippen molar-refractivity contribution in [1.29, 1.82) is 0 Å². The molecule has 112 valence electrons. The SMILES string of the molecule is CCCC(C)(NC(=O)NC(C)CC(F)(F)F)C(=O)O. The summed E-state index contributed by atoms with van der Waals surface area (Å²) in [6.45, 7) is 4.25. The van der Waals surface area contributed by atoms with E-state index in [1.165, 1.54) is 13.8 Å². The van der Waals surface area contributed by atoms with Gasteiger partial charge in [-0.15, -0.1) is 0 Å². The van der Waals surface area contributed by atoms with E-state index in [1.807, 2.05) is 0 Å². The zero-order valence-electron chi connectivity index (χ0n) is 11.1. The summed E-state index contributed by atoms with van der Waals surface area (Å²) < 4.78 is 36.2. The third-order valence-electron chi connectivity index (χ3n) is 2.53. The van der Waals surface area contributed by atoms with Crippen LogP contribution >= 0.6 is 0 Å². The van der Waals surface area contributed by atoms with Gasteiger partial charge in [0.05, 0.1) is 6.42 Å². The van der Waals surface area contributed by atoms with E-state index in [0.29, 0.717) is 6.42 Å². The molecule has 0 aromatic rings. The van der Waals surface area contributed by atoms with Gasteiger partial charge in [0.2, 0.25) is 0 Å². The molecule has 0 aromatic carbocycles. The molecule has 0 spiro atoms. The summed E-state index contributed by atoms with van der Waals surface area (Å²) in [4.78, 5) is 22.5. The lowest BCUT2D eigenvalue weighted by Crippen LogP contribution is -2.56. The van der Waals surface area contributed by atoms with E-state index in [1.54, 1.807) is 6.92 Å². The Hall–Kier alpha value is -1.47. The zero-order valence-corrected chi connectivity index (χ0v) is 11.1. The lowest BCUT2D eigenvalue weighted by Gasteiger charge is -2.27. The maximum Gasteiger partial charge on any atom is 0.391 e. The van der Waals surface area contributed by atoms with Gasteiger partial charge >= 0.3 is 18.2 Å². The highest BCUT2D eigenvalue weighted by Crippen LogP contribution is 2.21. The van der Waals surface area contributed by atoms with Crippen LogP contribution in [0.4, 0.5) is 18.0 Å². The lowest BCUT2D eigenvalue weighted by molar-refractivity contribution is -0.144. The van der Waals surface area contributed by atoms with Gasteiger partial charge in [0.25, 0.3) is 0 Å². The van der Waals surface area contributed by atoms with E-state index >= 15 is 0 Å². The van der Waals surface area contributed by atoms with E-state index in [2.05, 4.69) is 10.6 Å². The number of carboxylic acid groups (broad SMARTS) is 1. The average Bonchev–Trinajstić information content (AvgIpc) is 2.13. The molecule has 0 aliphatic rings. The van der Waals surface area contributed by atoms with Crippen LogP contribution in [0.3, 0.4) is 0 Å². The first kappa shape index (κ1) is 17.5. The summed E-state index contributed by atoms with van der Waals surface area (Å²) in [5, 5.41) is 13.3. The number of nitrogens with one attached hydrogen (secondary N) is 2. The summed E-state index contributed by atoms with van der Waals surface area (Å²) in [6, 6.07) is -2.05. The second-order valence-electron chi connectivity index (χ2n) is 4.71. The Morgan fingerprint density at radius 2 is 1.84 bits per heavy atom. The fraction of sp³-hybridized carbons (Fsp3) is 0.818. The van der Waals surface area contributed by atoms with E-state index in [9.17, 15) is 22.8 Å². The Morgan fingerprint density at radius 3 is 2.21 bits per heavy atom. The molecular weight excluding hydrogens is 265 g/mol. The first-order valence-corrected chi connectivity index (χ1v) is 5.89. The Balaban J connectivity index is 4.47. The second kappa shape index (κ2) is 6.63. The number of aliphatic carboxylic acids is 1. The zero-order chi connectivity index (χ0) is 15.3. The molecule has 5 nitrogen and oxygen atoms in total. The van der Waals surface area contributed by atoms with Crippen LogP contribution in [0, 0.1) is 0 Å². The fourth-order valence-electron chi connectivity index (χ4n) is 1.63. The molecule has 19 heavy (non-hydrogen) atoms. The van der Waals surface area contributed by atoms with E-state index < -0.39 is 36.2 Å². The van der Waals surface area contributed by atoms with Crippen molar-refractivity contribution in [2.75, 3.05) is 0 Å². The Bertz CT molecular complexity index is 334. The molecule has 3 N–H and O–H groups in total. The summed E-state index contributed by atoms with van der Waals surface area (Å²) in [7, 11) is 0. The maximum absolute atomic E-state index is 12.1. The normalized spacial score (nSPS) is 16.3. The van der Waals surface area contributed by atoms with Crippen molar-refractivity contribution in [2.45, 2.75) is 57.8 Å². The molecule has 0 heterocycles. The number of hydrogen-bond donors (Lipinski definition) is 3. The van der Waals surface area contributed by atoms with Gasteiger partial charge in [-0.2, -0.15) is 13.2 Å². The smallest absolute Gasteiger partial charge is 0.391 e. The standard InChI is InChI=1S/C11H19F3N2O3/c1-4-5-10(3,8(17)18)16-9(19)15-7(2)6-11(12,13)14/h7H,4-6H2,1-3H3,(H,17,18)(H2,15,16,19). The minimum absolute atomic E-state index is 0.184. The first-order chi connectivity index (χ1) is 8.50. The minimum Gasteiger partial charge on any atom is -0.480 e. The molecule has 0 saturated carbocycles. The summed E-state index contributed by atoms with van der Waals surface area (Å²) in [6.07, 6.45) is -4.85. The summed E-state index contributed by atoms with van der Waals surface area (Å²) in [5.41, 5.74) is -1.49. The highest BCUT2D eigenvalue weighted by molar-refractivity contribution is 5.85. The second-order valence-corrected chi connectivity index (χ2v) is 4.71. The van der Waals surface area contributed by atoms with Crippen LogP contribution in [0.15, 0.2) is 0 Å². The number of carbonyl (C=O) groups excluding carboxylic acids is 1. The topological polar surface area (TPSA) is 78.4 Å². The summed E-state index contributed by atoms with van der Waals surface area (Å²) >= 11 is 0. The van der Waals surface area contributed by atoms with Crippen molar-refractivity contribution >= 4 is 12.0 Å². The third-order valence-corrected chi connectivity index (χ3v) is 2.53. The van der Waals surface area contributed by atoms with Gasteiger partial charge in [-0.1, -0.05) is 13.3 Å². The molecule has 0 radical (unpaired) electrons. The van der Waals surface area contributed by atoms with Crippen LogP contribution in [0.25, 0.3) is 0 Å². The number of carbonyl (C=O) groups is 2. The van der Waals surface area contributed by atoms with Crippen molar-refractivity contribution < 1.29 is 27.9 Å². The highest BCUT2D eigenvalue weighted by atomic mass is 19.4. The molecule has 0 bridgehead atoms. The number of carboxylic acids is 1. The van der Waals surface area contributed by atoms with Gasteiger partial charge in [0, 0.05) is 6.04 Å². The van der Waals surface area contributed by atoms with Crippen LogP contribution in [0.1, 0.15) is 40.0 Å². The van der Waals surface area contributed by atoms with Gasteiger partial charge in [-0.25, -0.2) is 9.59 Å². The number of hydrogen-bond acceptors (Lipinski definition) is 2. The molecule has 2 unspecified atom stereocenters. The highest BCUT2D eigenvalue weighted by Gasteiger charge is 2.35. The molecule has 2 amide bonds. The molecule has 8 heteroatoms. The van der Waals surface area contributed by atoms with Crippen LogP contribution in [0.2, 0.25) is 0 Å². The monoisotopic (exact) mass is 284 g/mol. The predicted molar refractivity (Wildman–Crippen MR) is 62.8 cm³/mol. The van der Waals surface area contributed by atoms with Crippen molar-refractivity contribution in [3.63, 3.8) is 0 Å². The van der Waals surface area contributed by atoms with Crippen molar-refractivity contribution in [3.8, 4) is 0 Å². The van der Waals surface area contributed by atoms with Crippen molar-refractivity contribution in [3.05, 3.63) is 0 Å². The number of alkyl halides is 3. The van der Waals surface area contributed by atoms with Gasteiger partial charge < -0.3 is 15.7 Å². The number of rotatable bonds is 6. The summed E-state index contributed by atoms with van der Waals surface area (Å²) in [5.74, 6) is -1.23. The van der Waals surface area contributed by atoms with Crippen LogP contribution in [-0.4, -0.2) is 34.9 Å². The molecule has 0 aliphatic carbocycles. The van der Waals surface area contributed by atoms with E-state index in [0.717, 1.165) is 0 Å². The Morgan fingerprint density at radius 1 is 1.32 bits per heavy atom. The Kier molecular flexibility index (Phi) is 6.11. The third kappa shape index (κ3) is 6.88. The van der Waals surface area contributed by atoms with Gasteiger partial charge in [0.15, 0.2) is 0 Å². The average molecular weight is 284 g/mol. The van der Waals surface area contributed by atoms with Gasteiger partial charge in [0.1, 0.15) is 5.54 Å². The van der Waals surface area contributed by atoms with E-state index in [4.69, 9.17) is 5.11 Å².